The van der Waals surface area contributed by atoms with Crippen LogP contribution in [0, 0.1) is 5.82 Å². The summed E-state index contributed by atoms with van der Waals surface area (Å²) in [5, 5.41) is 13.3. The van der Waals surface area contributed by atoms with Crippen LogP contribution in [0.3, 0.4) is 0 Å². The first-order valence-electron chi connectivity index (χ1n) is 6.35. The number of aliphatic hydroxyl groups is 1. The molecule has 20 heavy (non-hydrogen) atoms. The molecule has 1 aliphatic heterocycles. The third-order valence-electron chi connectivity index (χ3n) is 3.44. The van der Waals surface area contributed by atoms with E-state index in [-0.39, 0.29) is 17.8 Å². The van der Waals surface area contributed by atoms with Gasteiger partial charge < -0.3 is 10.4 Å². The number of nitrogens with one attached hydrogen (secondary N) is 1. The van der Waals surface area contributed by atoms with Crippen LogP contribution in [0.15, 0.2) is 29.3 Å². The molecule has 2 rings (SSSR count). The lowest BCUT2D eigenvalue weighted by atomic mass is 10.1. The lowest BCUT2D eigenvalue weighted by Gasteiger charge is -2.23. The highest BCUT2D eigenvalue weighted by atomic mass is 32.2. The first-order chi connectivity index (χ1) is 9.33. The van der Waals surface area contributed by atoms with E-state index in [2.05, 4.69) is 10.3 Å². The van der Waals surface area contributed by atoms with Crippen molar-refractivity contribution in [1.82, 2.24) is 5.32 Å². The molecule has 1 heterocycles. The maximum atomic E-state index is 12.9. The second-order valence-electron chi connectivity index (χ2n) is 5.02. The number of hydrogen-bond acceptors (Lipinski definition) is 4. The number of carbonyl (C=O) groups excluding carboxylic acids is 1. The number of amides is 1. The zero-order valence-corrected chi connectivity index (χ0v) is 12.4. The number of rotatable bonds is 3. The molecule has 0 fully saturated rings. The zero-order chi connectivity index (χ0) is 14.9. The molecule has 1 aliphatic rings. The normalized spacial score (nSPS) is 25.2. The second-order valence-corrected chi connectivity index (χ2v) is 6.46. The van der Waals surface area contributed by atoms with E-state index in [0.29, 0.717) is 5.17 Å². The van der Waals surface area contributed by atoms with Crippen LogP contribution in [0.2, 0.25) is 0 Å². The molecule has 0 aromatic heterocycles. The maximum absolute atomic E-state index is 12.9. The van der Waals surface area contributed by atoms with Crippen LogP contribution in [0.1, 0.15) is 32.4 Å². The van der Waals surface area contributed by atoms with Crippen molar-refractivity contribution < 1.29 is 14.3 Å². The van der Waals surface area contributed by atoms with Crippen LogP contribution in [-0.2, 0) is 4.79 Å². The predicted molar refractivity (Wildman–Crippen MR) is 78.1 cm³/mol. The van der Waals surface area contributed by atoms with Gasteiger partial charge in [0.1, 0.15) is 10.6 Å². The van der Waals surface area contributed by atoms with Crippen molar-refractivity contribution in [2.24, 2.45) is 4.99 Å². The Morgan fingerprint density at radius 2 is 1.95 bits per heavy atom. The first kappa shape index (κ1) is 15.0. The highest BCUT2D eigenvalue weighted by Gasteiger charge is 2.45. The molecular formula is C14H17FN2O2S. The fraction of sp³-hybridized carbons (Fsp3) is 0.429. The van der Waals surface area contributed by atoms with Gasteiger partial charge in [-0.1, -0.05) is 23.9 Å². The van der Waals surface area contributed by atoms with E-state index < -0.39 is 10.9 Å². The van der Waals surface area contributed by atoms with Gasteiger partial charge in [0, 0.05) is 0 Å². The Morgan fingerprint density at radius 3 is 2.45 bits per heavy atom. The molecule has 108 valence electrons. The topological polar surface area (TPSA) is 61.7 Å². The monoisotopic (exact) mass is 296 g/mol. The van der Waals surface area contributed by atoms with E-state index in [1.807, 2.05) is 6.92 Å². The first-order valence-corrected chi connectivity index (χ1v) is 7.17. The Balaban J connectivity index is 2.06. The number of thioether (sulfide) groups is 1. The third kappa shape index (κ3) is 2.86. The summed E-state index contributed by atoms with van der Waals surface area (Å²) >= 11 is 1.22. The average molecular weight is 296 g/mol. The van der Waals surface area contributed by atoms with Crippen LogP contribution >= 0.6 is 11.8 Å². The van der Waals surface area contributed by atoms with Crippen LogP contribution in [0.25, 0.3) is 0 Å². The number of benzene rings is 1. The molecule has 0 saturated heterocycles. The summed E-state index contributed by atoms with van der Waals surface area (Å²) in [6.07, 6.45) is -0.788. The molecule has 6 heteroatoms. The molecule has 0 aliphatic carbocycles. The fourth-order valence-electron chi connectivity index (χ4n) is 1.82. The molecule has 0 bridgehead atoms. The quantitative estimate of drug-likeness (QED) is 0.898. The van der Waals surface area contributed by atoms with Gasteiger partial charge in [-0.15, -0.1) is 0 Å². The minimum Gasteiger partial charge on any atom is -0.391 e. The summed E-state index contributed by atoms with van der Waals surface area (Å²) in [6, 6.07) is 6.04. The minimum absolute atomic E-state index is 0.106. The van der Waals surface area contributed by atoms with Gasteiger partial charge in [-0.25, -0.2) is 4.39 Å². The summed E-state index contributed by atoms with van der Waals surface area (Å²) in [7, 11) is 0. The minimum atomic E-state index is -0.940. The van der Waals surface area contributed by atoms with Gasteiger partial charge in [0.05, 0.1) is 12.1 Å². The van der Waals surface area contributed by atoms with Crippen molar-refractivity contribution in [3.8, 4) is 0 Å². The van der Waals surface area contributed by atoms with Gasteiger partial charge in [0.2, 0.25) is 0 Å². The van der Waals surface area contributed by atoms with Crippen molar-refractivity contribution >= 4 is 22.8 Å². The van der Waals surface area contributed by atoms with Crippen molar-refractivity contribution in [2.75, 3.05) is 0 Å². The van der Waals surface area contributed by atoms with E-state index in [4.69, 9.17) is 0 Å². The largest absolute Gasteiger partial charge is 0.391 e. The average Bonchev–Trinajstić information content (AvgIpc) is 2.66. The second kappa shape index (κ2) is 5.54. The molecule has 4 nitrogen and oxygen atoms in total. The summed E-state index contributed by atoms with van der Waals surface area (Å²) < 4.78 is 11.9. The Kier molecular flexibility index (Phi) is 4.15. The Morgan fingerprint density at radius 1 is 1.35 bits per heavy atom. The number of halogens is 1. The maximum Gasteiger partial charge on any atom is 0.267 e. The molecule has 0 radical (unpaired) electrons. The van der Waals surface area contributed by atoms with Gasteiger partial charge in [0.15, 0.2) is 5.17 Å². The molecule has 2 N–H and O–H groups in total. The van der Waals surface area contributed by atoms with Crippen molar-refractivity contribution in [1.29, 1.82) is 0 Å². The molecule has 1 aromatic carbocycles. The van der Waals surface area contributed by atoms with Crippen LogP contribution in [0.4, 0.5) is 4.39 Å². The van der Waals surface area contributed by atoms with Gasteiger partial charge in [0.25, 0.3) is 5.91 Å². The molecule has 0 unspecified atom stereocenters. The highest BCUT2D eigenvalue weighted by molar-refractivity contribution is 8.16. The molecule has 1 aromatic rings. The zero-order valence-electron chi connectivity index (χ0n) is 11.6. The van der Waals surface area contributed by atoms with Crippen LogP contribution < -0.4 is 5.32 Å². The lowest BCUT2D eigenvalue weighted by Crippen LogP contribution is -2.39. The highest BCUT2D eigenvalue weighted by Crippen LogP contribution is 2.36. The van der Waals surface area contributed by atoms with Gasteiger partial charge in [-0.2, -0.15) is 4.99 Å². The van der Waals surface area contributed by atoms with Gasteiger partial charge in [-0.05, 0) is 38.5 Å². The van der Waals surface area contributed by atoms with Crippen molar-refractivity contribution in [3.63, 3.8) is 0 Å². The standard InChI is InChI=1S/C14H17FN2O2S/c1-8(10-4-6-11(15)7-5-10)16-13-17-12(19)14(3,20-13)9(2)18/h4-9,18H,1-3H3,(H,16,17,19)/t8-,9-,14-/m0/s1. The third-order valence-corrected chi connectivity index (χ3v) is 4.79. The van der Waals surface area contributed by atoms with Crippen LogP contribution in [0.5, 0.6) is 0 Å². The van der Waals surface area contributed by atoms with Gasteiger partial charge in [-0.3, -0.25) is 4.79 Å². The van der Waals surface area contributed by atoms with E-state index in [1.165, 1.54) is 23.9 Å². The van der Waals surface area contributed by atoms with E-state index >= 15 is 0 Å². The Hall–Kier alpha value is -1.40. The van der Waals surface area contributed by atoms with E-state index in [9.17, 15) is 14.3 Å². The number of aliphatic hydroxyl groups excluding tert-OH is 1. The number of aliphatic imine (C=N–C) groups is 1. The molecule has 0 saturated carbocycles. The number of nitrogens with zero attached hydrogens (tertiary/aromatic N) is 1. The van der Waals surface area contributed by atoms with E-state index in [0.717, 1.165) is 5.56 Å². The number of hydrogen-bond donors (Lipinski definition) is 2. The summed E-state index contributed by atoms with van der Waals surface area (Å²) in [4.78, 5) is 15.8. The van der Waals surface area contributed by atoms with Crippen molar-refractivity contribution in [3.05, 3.63) is 35.6 Å². The summed E-state index contributed by atoms with van der Waals surface area (Å²) in [5.74, 6) is -0.628. The molecule has 1 amide bonds. The van der Waals surface area contributed by atoms with E-state index in [1.54, 1.807) is 26.0 Å². The molecule has 3 atom stereocenters. The molecule has 0 spiro atoms. The number of carbonyl (C=O) groups is 1. The number of amidine groups is 1. The SMILES string of the molecule is C[C@H](NC1=NC(=O)[C@](C)([C@H](C)O)S1)c1ccc(F)cc1. The fourth-order valence-corrected chi connectivity index (χ4v) is 2.89. The Labute approximate surface area is 121 Å². The predicted octanol–water partition coefficient (Wildman–Crippen LogP) is 2.25. The van der Waals surface area contributed by atoms with Crippen molar-refractivity contribution in [2.45, 2.75) is 37.7 Å². The lowest BCUT2D eigenvalue weighted by molar-refractivity contribution is -0.121. The summed E-state index contributed by atoms with van der Waals surface area (Å²) in [6.45, 7) is 5.15. The summed E-state index contributed by atoms with van der Waals surface area (Å²) in [5.41, 5.74) is 0.896. The van der Waals surface area contributed by atoms with Crippen LogP contribution in [-0.4, -0.2) is 27.0 Å². The van der Waals surface area contributed by atoms with Gasteiger partial charge >= 0.3 is 0 Å². The Bertz CT molecular complexity index is 545. The smallest absolute Gasteiger partial charge is 0.267 e. The molecular weight excluding hydrogens is 279 g/mol.